The normalized spacial score (nSPS) is 16.1. The molecule has 1 aliphatic rings. The van der Waals surface area contributed by atoms with E-state index in [-0.39, 0.29) is 17.3 Å². The molecule has 0 amide bonds. The van der Waals surface area contributed by atoms with Crippen LogP contribution in [0.5, 0.6) is 11.5 Å². The van der Waals surface area contributed by atoms with E-state index in [2.05, 4.69) is 15.9 Å². The standard InChI is InChI=1S/C15H22BFO4.C9H10BrFO2/c1-14(2)15(3,4)21-16(20-14)11-6-7-12(17)13(10-11)19-9-8-18-5;1-12-4-5-13-9-6-7(10)2-3-8(9)11/h6-7,10H,8-9H2,1-5H3;2-3,6H,4-5H2,1H3. The molecule has 0 aliphatic carbocycles. The van der Waals surface area contributed by atoms with Gasteiger partial charge in [-0.2, -0.15) is 0 Å². The van der Waals surface area contributed by atoms with Gasteiger partial charge in [-0.3, -0.25) is 0 Å². The lowest BCUT2D eigenvalue weighted by Gasteiger charge is -2.32. The third-order valence-electron chi connectivity index (χ3n) is 5.46. The highest BCUT2D eigenvalue weighted by atomic mass is 79.9. The van der Waals surface area contributed by atoms with E-state index < -0.39 is 24.1 Å². The van der Waals surface area contributed by atoms with E-state index in [1.54, 1.807) is 38.5 Å². The second-order valence-corrected chi connectivity index (χ2v) is 9.45. The molecule has 1 aliphatic heterocycles. The zero-order chi connectivity index (χ0) is 25.4. The van der Waals surface area contributed by atoms with Crippen LogP contribution >= 0.6 is 15.9 Å². The van der Waals surface area contributed by atoms with Gasteiger partial charge in [0.25, 0.3) is 0 Å². The van der Waals surface area contributed by atoms with Crippen LogP contribution in [0.15, 0.2) is 40.9 Å². The fourth-order valence-corrected chi connectivity index (χ4v) is 3.15. The molecule has 1 fully saturated rings. The van der Waals surface area contributed by atoms with Gasteiger partial charge in [-0.15, -0.1) is 0 Å². The quantitative estimate of drug-likeness (QED) is 0.335. The number of hydrogen-bond donors (Lipinski definition) is 0. The van der Waals surface area contributed by atoms with Gasteiger partial charge in [0.1, 0.15) is 13.2 Å². The molecule has 1 saturated heterocycles. The summed E-state index contributed by atoms with van der Waals surface area (Å²) in [5, 5.41) is 0. The van der Waals surface area contributed by atoms with Crippen LogP contribution in [-0.4, -0.2) is 59.0 Å². The molecule has 0 radical (unpaired) electrons. The van der Waals surface area contributed by atoms with Crippen molar-refractivity contribution in [1.82, 2.24) is 0 Å². The Morgan fingerprint density at radius 1 is 0.765 bits per heavy atom. The van der Waals surface area contributed by atoms with Crippen LogP contribution in [0.2, 0.25) is 0 Å². The fourth-order valence-electron chi connectivity index (χ4n) is 2.81. The molecule has 0 N–H and O–H groups in total. The van der Waals surface area contributed by atoms with Gasteiger partial charge < -0.3 is 28.3 Å². The van der Waals surface area contributed by atoms with Crippen molar-refractivity contribution in [3.63, 3.8) is 0 Å². The minimum Gasteiger partial charge on any atom is -0.488 e. The van der Waals surface area contributed by atoms with Gasteiger partial charge in [0.2, 0.25) is 0 Å². The topological polar surface area (TPSA) is 55.4 Å². The van der Waals surface area contributed by atoms with E-state index >= 15 is 0 Å². The van der Waals surface area contributed by atoms with Crippen molar-refractivity contribution in [1.29, 1.82) is 0 Å². The first-order valence-corrected chi connectivity index (χ1v) is 11.6. The Labute approximate surface area is 209 Å². The first-order chi connectivity index (χ1) is 16.0. The maximum Gasteiger partial charge on any atom is 0.494 e. The van der Waals surface area contributed by atoms with Crippen LogP contribution in [-0.2, 0) is 18.8 Å². The van der Waals surface area contributed by atoms with E-state index in [0.717, 1.165) is 9.94 Å². The first-order valence-electron chi connectivity index (χ1n) is 10.8. The number of hydrogen-bond acceptors (Lipinski definition) is 6. The molecule has 34 heavy (non-hydrogen) atoms. The summed E-state index contributed by atoms with van der Waals surface area (Å²) in [7, 11) is 2.61. The van der Waals surface area contributed by atoms with Crippen molar-refractivity contribution < 1.29 is 37.0 Å². The van der Waals surface area contributed by atoms with Crippen molar-refractivity contribution >= 4 is 28.5 Å². The molecule has 0 atom stereocenters. The molecule has 0 aromatic heterocycles. The maximum atomic E-state index is 13.7. The highest BCUT2D eigenvalue weighted by molar-refractivity contribution is 9.10. The van der Waals surface area contributed by atoms with Gasteiger partial charge in [0, 0.05) is 18.7 Å². The molecule has 1 heterocycles. The second-order valence-electron chi connectivity index (χ2n) is 8.54. The lowest BCUT2D eigenvalue weighted by atomic mass is 9.79. The molecule has 2 aromatic carbocycles. The highest BCUT2D eigenvalue weighted by Crippen LogP contribution is 2.36. The van der Waals surface area contributed by atoms with E-state index in [1.807, 2.05) is 27.7 Å². The Hall–Kier alpha value is -1.72. The molecular weight excluding hydrogens is 513 g/mol. The number of benzene rings is 2. The number of methoxy groups -OCH3 is 2. The largest absolute Gasteiger partial charge is 0.494 e. The molecule has 0 spiro atoms. The average Bonchev–Trinajstić information content (AvgIpc) is 2.99. The van der Waals surface area contributed by atoms with Crippen LogP contribution in [0.25, 0.3) is 0 Å². The lowest BCUT2D eigenvalue weighted by Crippen LogP contribution is -2.41. The van der Waals surface area contributed by atoms with Crippen molar-refractivity contribution in [2.24, 2.45) is 0 Å². The molecule has 0 bridgehead atoms. The summed E-state index contributed by atoms with van der Waals surface area (Å²) in [4.78, 5) is 0. The monoisotopic (exact) mass is 544 g/mol. The molecule has 2 aromatic rings. The van der Waals surface area contributed by atoms with Gasteiger partial charge in [-0.25, -0.2) is 8.78 Å². The van der Waals surface area contributed by atoms with Crippen molar-refractivity contribution in [3.8, 4) is 11.5 Å². The third-order valence-corrected chi connectivity index (χ3v) is 5.96. The van der Waals surface area contributed by atoms with Crippen LogP contribution in [0.4, 0.5) is 8.78 Å². The summed E-state index contributed by atoms with van der Waals surface area (Å²) in [5.74, 6) is -0.351. The van der Waals surface area contributed by atoms with Crippen LogP contribution < -0.4 is 14.9 Å². The van der Waals surface area contributed by atoms with E-state index in [1.165, 1.54) is 12.1 Å². The van der Waals surface area contributed by atoms with E-state index in [4.69, 9.17) is 28.3 Å². The Morgan fingerprint density at radius 3 is 1.74 bits per heavy atom. The van der Waals surface area contributed by atoms with Gasteiger partial charge in [0.05, 0.1) is 24.4 Å². The molecular formula is C24H32BBrF2O6. The Bertz CT molecular complexity index is 912. The summed E-state index contributed by atoms with van der Waals surface area (Å²) in [5.41, 5.74) is -0.117. The smallest absolute Gasteiger partial charge is 0.488 e. The summed E-state index contributed by atoms with van der Waals surface area (Å²) < 4.78 is 59.6. The predicted octanol–water partition coefficient (Wildman–Crippen LogP) is 4.76. The molecule has 6 nitrogen and oxygen atoms in total. The number of halogens is 3. The zero-order valence-electron chi connectivity index (χ0n) is 20.5. The number of rotatable bonds is 9. The van der Waals surface area contributed by atoms with Crippen molar-refractivity contribution in [3.05, 3.63) is 52.5 Å². The Kier molecular flexibility index (Phi) is 10.8. The zero-order valence-corrected chi connectivity index (χ0v) is 22.0. The van der Waals surface area contributed by atoms with Gasteiger partial charge in [-0.1, -0.05) is 22.0 Å². The van der Waals surface area contributed by atoms with E-state index in [9.17, 15) is 8.78 Å². The van der Waals surface area contributed by atoms with Gasteiger partial charge >= 0.3 is 7.12 Å². The summed E-state index contributed by atoms with van der Waals surface area (Å²) in [6, 6.07) is 9.20. The minimum absolute atomic E-state index is 0.180. The second kappa shape index (κ2) is 12.8. The highest BCUT2D eigenvalue weighted by Gasteiger charge is 2.51. The van der Waals surface area contributed by atoms with Crippen LogP contribution in [0, 0.1) is 11.6 Å². The first kappa shape index (κ1) is 28.5. The predicted molar refractivity (Wildman–Crippen MR) is 131 cm³/mol. The minimum atomic E-state index is -0.527. The molecule has 10 heteroatoms. The number of ether oxygens (including phenoxy) is 4. The fraction of sp³-hybridized carbons (Fsp3) is 0.500. The summed E-state index contributed by atoms with van der Waals surface area (Å²) in [6.45, 7) is 9.41. The molecule has 3 rings (SSSR count). The molecule has 188 valence electrons. The Balaban J connectivity index is 0.000000270. The summed E-state index contributed by atoms with van der Waals surface area (Å²) in [6.07, 6.45) is 0. The summed E-state index contributed by atoms with van der Waals surface area (Å²) >= 11 is 3.23. The van der Waals surface area contributed by atoms with Gasteiger partial charge in [-0.05, 0) is 63.5 Å². The average molecular weight is 545 g/mol. The van der Waals surface area contributed by atoms with Crippen LogP contribution in [0.3, 0.4) is 0 Å². The maximum absolute atomic E-state index is 13.7. The van der Waals surface area contributed by atoms with Gasteiger partial charge in [0.15, 0.2) is 23.1 Å². The van der Waals surface area contributed by atoms with Crippen LogP contribution in [0.1, 0.15) is 27.7 Å². The van der Waals surface area contributed by atoms with Crippen molar-refractivity contribution in [2.45, 2.75) is 38.9 Å². The SMILES string of the molecule is COCCOc1cc(B2OC(C)(C)C(C)(C)O2)ccc1F.COCCOc1cc(Br)ccc1F. The van der Waals surface area contributed by atoms with E-state index in [0.29, 0.717) is 26.4 Å². The third kappa shape index (κ3) is 7.91. The molecule has 0 saturated carbocycles. The molecule has 0 unspecified atom stereocenters. The lowest BCUT2D eigenvalue weighted by molar-refractivity contribution is 0.00578. The Morgan fingerprint density at radius 2 is 1.24 bits per heavy atom. The van der Waals surface area contributed by atoms with Crippen molar-refractivity contribution in [2.75, 3.05) is 40.6 Å².